The highest BCUT2D eigenvalue weighted by atomic mass is 19.4. The Morgan fingerprint density at radius 1 is 0.812 bits per heavy atom. The standard InChI is InChI=1S/C21H21F6N3O2/c1-12-5-4-6-13(2)19(12)29-18(32)11-30(3)10-17(31)28-16-8-14(20(22,23)24)7-15(9-16)21(25,26)27/h4-9H,10-11H2,1-3H3,(H,28,31)(H,29,32). The van der Waals surface area contributed by atoms with Crippen LogP contribution in [0, 0.1) is 13.8 Å². The van der Waals surface area contributed by atoms with Crippen molar-refractivity contribution in [3.63, 3.8) is 0 Å². The van der Waals surface area contributed by atoms with Crippen molar-refractivity contribution in [2.24, 2.45) is 0 Å². The molecular formula is C21H21F6N3O2. The molecule has 2 amide bonds. The van der Waals surface area contributed by atoms with E-state index in [0.29, 0.717) is 17.8 Å². The zero-order valence-electron chi connectivity index (χ0n) is 17.4. The average molecular weight is 461 g/mol. The second-order valence-electron chi connectivity index (χ2n) is 7.33. The van der Waals surface area contributed by atoms with Gasteiger partial charge in [0.1, 0.15) is 0 Å². The van der Waals surface area contributed by atoms with Crippen molar-refractivity contribution in [1.82, 2.24) is 4.90 Å². The molecule has 0 spiro atoms. The first-order valence-electron chi connectivity index (χ1n) is 9.30. The van der Waals surface area contributed by atoms with Crippen LogP contribution in [-0.2, 0) is 21.9 Å². The Kier molecular flexibility index (Phi) is 7.55. The lowest BCUT2D eigenvalue weighted by atomic mass is 10.1. The van der Waals surface area contributed by atoms with E-state index in [0.717, 1.165) is 11.1 Å². The molecule has 0 saturated carbocycles. The molecule has 0 bridgehead atoms. The van der Waals surface area contributed by atoms with Gasteiger partial charge >= 0.3 is 12.4 Å². The Balaban J connectivity index is 2.04. The Morgan fingerprint density at radius 3 is 1.69 bits per heavy atom. The number of carbonyl (C=O) groups is 2. The number of hydrogen-bond donors (Lipinski definition) is 2. The van der Waals surface area contributed by atoms with Gasteiger partial charge in [-0.15, -0.1) is 0 Å². The number of nitrogens with zero attached hydrogens (tertiary/aromatic N) is 1. The van der Waals surface area contributed by atoms with Crippen LogP contribution in [0.1, 0.15) is 22.3 Å². The molecule has 2 N–H and O–H groups in total. The highest BCUT2D eigenvalue weighted by molar-refractivity contribution is 5.95. The summed E-state index contributed by atoms with van der Waals surface area (Å²) < 4.78 is 77.6. The number of likely N-dealkylation sites (N-methyl/N-ethyl adjacent to an activating group) is 1. The largest absolute Gasteiger partial charge is 0.416 e. The van der Waals surface area contributed by atoms with E-state index in [1.54, 1.807) is 0 Å². The molecule has 0 unspecified atom stereocenters. The molecule has 0 heterocycles. The molecule has 2 rings (SSSR count). The van der Waals surface area contributed by atoms with E-state index in [1.807, 2.05) is 37.4 Å². The fourth-order valence-electron chi connectivity index (χ4n) is 2.96. The van der Waals surface area contributed by atoms with Crippen molar-refractivity contribution in [2.75, 3.05) is 30.8 Å². The van der Waals surface area contributed by atoms with E-state index in [1.165, 1.54) is 11.9 Å². The number of amides is 2. The van der Waals surface area contributed by atoms with E-state index < -0.39 is 47.5 Å². The molecule has 0 aliphatic rings. The predicted octanol–water partition coefficient (Wildman–Crippen LogP) is 4.85. The van der Waals surface area contributed by atoms with E-state index in [2.05, 4.69) is 5.32 Å². The minimum atomic E-state index is -5.02. The minimum absolute atomic E-state index is 0.0281. The fourth-order valence-corrected chi connectivity index (χ4v) is 2.96. The van der Waals surface area contributed by atoms with Gasteiger partial charge in [-0.05, 0) is 50.2 Å². The Bertz CT molecular complexity index is 950. The van der Waals surface area contributed by atoms with Crippen molar-refractivity contribution in [3.8, 4) is 0 Å². The molecule has 0 aliphatic carbocycles. The summed E-state index contributed by atoms with van der Waals surface area (Å²) in [6.07, 6.45) is -10.0. The summed E-state index contributed by atoms with van der Waals surface area (Å²) >= 11 is 0. The molecule has 11 heteroatoms. The minimum Gasteiger partial charge on any atom is -0.325 e. The molecule has 2 aromatic rings. The number of halogens is 6. The Labute approximate surface area is 180 Å². The monoisotopic (exact) mass is 461 g/mol. The Hall–Kier alpha value is -3.08. The molecule has 0 saturated heterocycles. The van der Waals surface area contributed by atoms with Crippen LogP contribution in [0.2, 0.25) is 0 Å². The summed E-state index contributed by atoms with van der Waals surface area (Å²) in [5.74, 6) is -1.31. The molecule has 0 atom stereocenters. The van der Waals surface area contributed by atoms with E-state index in [4.69, 9.17) is 0 Å². The molecule has 0 fully saturated rings. The van der Waals surface area contributed by atoms with Crippen molar-refractivity contribution in [1.29, 1.82) is 0 Å². The summed E-state index contributed by atoms with van der Waals surface area (Å²) in [6.45, 7) is 2.96. The van der Waals surface area contributed by atoms with Crippen molar-refractivity contribution in [2.45, 2.75) is 26.2 Å². The zero-order chi connectivity index (χ0) is 24.3. The van der Waals surface area contributed by atoms with Gasteiger partial charge in [0.2, 0.25) is 11.8 Å². The SMILES string of the molecule is Cc1cccc(C)c1NC(=O)CN(C)CC(=O)Nc1cc(C(F)(F)F)cc(C(F)(F)F)c1. The lowest BCUT2D eigenvalue weighted by Crippen LogP contribution is -2.36. The molecule has 0 radical (unpaired) electrons. The van der Waals surface area contributed by atoms with Crippen LogP contribution in [0.15, 0.2) is 36.4 Å². The van der Waals surface area contributed by atoms with Crippen LogP contribution in [-0.4, -0.2) is 36.9 Å². The first kappa shape index (κ1) is 25.2. The van der Waals surface area contributed by atoms with Gasteiger partial charge in [0.15, 0.2) is 0 Å². The van der Waals surface area contributed by atoms with Gasteiger partial charge in [0.05, 0.1) is 24.2 Å². The summed E-state index contributed by atoms with van der Waals surface area (Å²) in [7, 11) is 1.41. The molecule has 174 valence electrons. The van der Waals surface area contributed by atoms with Crippen molar-refractivity contribution in [3.05, 3.63) is 58.7 Å². The summed E-state index contributed by atoms with van der Waals surface area (Å²) in [5.41, 5.74) is -1.43. The normalized spacial score (nSPS) is 12.1. The van der Waals surface area contributed by atoms with Crippen molar-refractivity contribution < 1.29 is 35.9 Å². The number of para-hydroxylation sites is 1. The van der Waals surface area contributed by atoms with Crippen LogP contribution >= 0.6 is 0 Å². The van der Waals surface area contributed by atoms with Gasteiger partial charge in [-0.25, -0.2) is 0 Å². The summed E-state index contributed by atoms with van der Waals surface area (Å²) in [5, 5.41) is 4.74. The second-order valence-corrected chi connectivity index (χ2v) is 7.33. The quantitative estimate of drug-likeness (QED) is 0.605. The van der Waals surface area contributed by atoms with E-state index >= 15 is 0 Å². The van der Waals surface area contributed by atoms with Gasteiger partial charge in [0, 0.05) is 11.4 Å². The van der Waals surface area contributed by atoms with Gasteiger partial charge in [-0.3, -0.25) is 14.5 Å². The van der Waals surface area contributed by atoms with E-state index in [-0.39, 0.29) is 12.6 Å². The molecule has 0 aromatic heterocycles. The highest BCUT2D eigenvalue weighted by Gasteiger charge is 2.37. The van der Waals surface area contributed by atoms with Crippen LogP contribution in [0.25, 0.3) is 0 Å². The average Bonchev–Trinajstić information content (AvgIpc) is 2.62. The lowest BCUT2D eigenvalue weighted by Gasteiger charge is -2.18. The maximum Gasteiger partial charge on any atom is 0.416 e. The number of aryl methyl sites for hydroxylation is 2. The van der Waals surface area contributed by atoms with E-state index in [9.17, 15) is 35.9 Å². The van der Waals surface area contributed by atoms with Crippen LogP contribution < -0.4 is 10.6 Å². The fraction of sp³-hybridized carbons (Fsp3) is 0.333. The van der Waals surface area contributed by atoms with Crippen LogP contribution in [0.4, 0.5) is 37.7 Å². The van der Waals surface area contributed by atoms with Crippen LogP contribution in [0.3, 0.4) is 0 Å². The third-order valence-electron chi connectivity index (χ3n) is 4.44. The van der Waals surface area contributed by atoms with Gasteiger partial charge < -0.3 is 10.6 Å². The maximum absolute atomic E-state index is 12.9. The number of alkyl halides is 6. The summed E-state index contributed by atoms with van der Waals surface area (Å²) in [6, 6.07) is 6.25. The molecular weight excluding hydrogens is 440 g/mol. The number of anilines is 2. The molecule has 32 heavy (non-hydrogen) atoms. The Morgan fingerprint density at radius 2 is 1.25 bits per heavy atom. The highest BCUT2D eigenvalue weighted by Crippen LogP contribution is 2.37. The van der Waals surface area contributed by atoms with Gasteiger partial charge in [-0.2, -0.15) is 26.3 Å². The topological polar surface area (TPSA) is 61.4 Å². The maximum atomic E-state index is 12.9. The summed E-state index contributed by atoms with van der Waals surface area (Å²) in [4.78, 5) is 25.7. The zero-order valence-corrected chi connectivity index (χ0v) is 17.4. The third kappa shape index (κ3) is 6.98. The predicted molar refractivity (Wildman–Crippen MR) is 107 cm³/mol. The number of hydrogen-bond acceptors (Lipinski definition) is 3. The van der Waals surface area contributed by atoms with Crippen LogP contribution in [0.5, 0.6) is 0 Å². The van der Waals surface area contributed by atoms with Gasteiger partial charge in [-0.1, -0.05) is 18.2 Å². The number of rotatable bonds is 6. The number of carbonyl (C=O) groups excluding carboxylic acids is 2. The number of benzene rings is 2. The smallest absolute Gasteiger partial charge is 0.325 e. The second kappa shape index (κ2) is 9.60. The first-order chi connectivity index (χ1) is 14.7. The third-order valence-corrected chi connectivity index (χ3v) is 4.44. The van der Waals surface area contributed by atoms with Gasteiger partial charge in [0.25, 0.3) is 0 Å². The molecule has 2 aromatic carbocycles. The molecule has 5 nitrogen and oxygen atoms in total. The number of nitrogens with one attached hydrogen (secondary N) is 2. The molecule has 0 aliphatic heterocycles. The first-order valence-corrected chi connectivity index (χ1v) is 9.30. The lowest BCUT2D eigenvalue weighted by molar-refractivity contribution is -0.143. The van der Waals surface area contributed by atoms with Crippen molar-refractivity contribution >= 4 is 23.2 Å².